The van der Waals surface area contributed by atoms with Crippen LogP contribution in [0.15, 0.2) is 24.9 Å². The third-order valence-corrected chi connectivity index (χ3v) is 4.74. The van der Waals surface area contributed by atoms with Gasteiger partial charge in [-0.05, 0) is 6.92 Å². The molecule has 0 saturated carbocycles. The predicted molar refractivity (Wildman–Crippen MR) is 85.2 cm³/mol. The van der Waals surface area contributed by atoms with Crippen molar-refractivity contribution in [2.75, 3.05) is 36.0 Å². The van der Waals surface area contributed by atoms with Gasteiger partial charge in [0.25, 0.3) is 0 Å². The second kappa shape index (κ2) is 5.35. The molecule has 0 bridgehead atoms. The maximum Gasteiger partial charge on any atom is 0.225 e. The minimum absolute atomic E-state index is 0.577. The number of nitrogens with zero attached hydrogens (tertiary/aromatic N) is 6. The van der Waals surface area contributed by atoms with Crippen LogP contribution in [0.25, 0.3) is 0 Å². The fourth-order valence-electron chi connectivity index (χ4n) is 3.52. The van der Waals surface area contributed by atoms with Gasteiger partial charge in [0, 0.05) is 49.8 Å². The molecule has 6 nitrogen and oxygen atoms in total. The van der Waals surface area contributed by atoms with Crippen LogP contribution in [-0.4, -0.2) is 46.1 Å². The molecule has 0 amide bonds. The number of hydrogen-bond acceptors (Lipinski definition) is 6. The van der Waals surface area contributed by atoms with E-state index in [1.807, 2.05) is 6.20 Å². The summed E-state index contributed by atoms with van der Waals surface area (Å²) in [7, 11) is 0. The van der Waals surface area contributed by atoms with Crippen molar-refractivity contribution in [3.63, 3.8) is 0 Å². The third kappa shape index (κ3) is 2.37. The molecule has 2 aliphatic rings. The summed E-state index contributed by atoms with van der Waals surface area (Å²) in [6, 6.07) is 0. The standard InChI is InChI=1S/C15H17ClN6/c1-10-2-17-9-20-14(10)21-5-11-7-22(8-12(11)6-21)15-18-3-13(16)4-19-15/h2-4,9,11-12H,5-8H2,1H3. The number of rotatable bonds is 2. The third-order valence-electron chi connectivity index (χ3n) is 4.54. The van der Waals surface area contributed by atoms with Crippen LogP contribution < -0.4 is 9.80 Å². The van der Waals surface area contributed by atoms with Gasteiger partial charge in [0.1, 0.15) is 12.1 Å². The largest absolute Gasteiger partial charge is 0.356 e. The Hall–Kier alpha value is -1.95. The molecule has 2 aromatic rings. The van der Waals surface area contributed by atoms with E-state index >= 15 is 0 Å². The van der Waals surface area contributed by atoms with Gasteiger partial charge in [0.2, 0.25) is 5.95 Å². The van der Waals surface area contributed by atoms with Crippen molar-refractivity contribution in [1.82, 2.24) is 19.9 Å². The summed E-state index contributed by atoms with van der Waals surface area (Å²) in [5.41, 5.74) is 1.14. The van der Waals surface area contributed by atoms with Crippen LogP contribution in [0.1, 0.15) is 5.56 Å². The molecule has 4 rings (SSSR count). The Morgan fingerprint density at radius 1 is 0.955 bits per heavy atom. The first-order chi connectivity index (χ1) is 10.7. The maximum absolute atomic E-state index is 5.85. The molecule has 0 spiro atoms. The van der Waals surface area contributed by atoms with E-state index in [0.717, 1.165) is 43.5 Å². The predicted octanol–water partition coefficient (Wildman–Crippen LogP) is 1.80. The normalized spacial score (nSPS) is 23.9. The number of aryl methyl sites for hydroxylation is 1. The van der Waals surface area contributed by atoms with Gasteiger partial charge in [-0.25, -0.2) is 19.9 Å². The summed E-state index contributed by atoms with van der Waals surface area (Å²) < 4.78 is 0. The quantitative estimate of drug-likeness (QED) is 0.842. The fourth-order valence-corrected chi connectivity index (χ4v) is 3.62. The van der Waals surface area contributed by atoms with Gasteiger partial charge in [0.05, 0.1) is 17.4 Å². The molecule has 22 heavy (non-hydrogen) atoms. The van der Waals surface area contributed by atoms with Gasteiger partial charge in [-0.3, -0.25) is 0 Å². The molecule has 114 valence electrons. The van der Waals surface area contributed by atoms with E-state index in [1.54, 1.807) is 18.7 Å². The van der Waals surface area contributed by atoms with Gasteiger partial charge in [-0.2, -0.15) is 0 Å². The first-order valence-corrected chi connectivity index (χ1v) is 7.82. The van der Waals surface area contributed by atoms with Crippen molar-refractivity contribution < 1.29 is 0 Å². The highest BCUT2D eigenvalue weighted by Gasteiger charge is 2.41. The first-order valence-electron chi connectivity index (χ1n) is 7.45. The second-order valence-corrected chi connectivity index (χ2v) is 6.50. The number of aromatic nitrogens is 4. The number of anilines is 2. The van der Waals surface area contributed by atoms with Crippen molar-refractivity contribution in [3.8, 4) is 0 Å². The monoisotopic (exact) mass is 316 g/mol. The van der Waals surface area contributed by atoms with Gasteiger partial charge < -0.3 is 9.80 Å². The molecule has 2 aliphatic heterocycles. The Bertz CT molecular complexity index is 662. The Morgan fingerprint density at radius 2 is 1.59 bits per heavy atom. The highest BCUT2D eigenvalue weighted by molar-refractivity contribution is 6.30. The first kappa shape index (κ1) is 13.7. The number of hydrogen-bond donors (Lipinski definition) is 0. The second-order valence-electron chi connectivity index (χ2n) is 6.06. The zero-order valence-corrected chi connectivity index (χ0v) is 13.1. The SMILES string of the molecule is Cc1cncnc1N1CC2CN(c3ncc(Cl)cn3)CC2C1. The molecule has 7 heteroatoms. The van der Waals surface area contributed by atoms with Crippen molar-refractivity contribution in [2.45, 2.75) is 6.92 Å². The van der Waals surface area contributed by atoms with E-state index in [0.29, 0.717) is 16.9 Å². The van der Waals surface area contributed by atoms with Gasteiger partial charge in [0.15, 0.2) is 0 Å². The van der Waals surface area contributed by atoms with Crippen LogP contribution in [0, 0.1) is 18.8 Å². The molecule has 2 aromatic heterocycles. The van der Waals surface area contributed by atoms with E-state index in [2.05, 4.69) is 36.7 Å². The molecular formula is C15H17ClN6. The van der Waals surface area contributed by atoms with Crippen molar-refractivity contribution >= 4 is 23.4 Å². The van der Waals surface area contributed by atoms with Crippen LogP contribution >= 0.6 is 11.6 Å². The molecule has 4 heterocycles. The molecule has 2 saturated heterocycles. The van der Waals surface area contributed by atoms with Gasteiger partial charge in [-0.15, -0.1) is 0 Å². The zero-order valence-electron chi connectivity index (χ0n) is 12.4. The van der Waals surface area contributed by atoms with Crippen LogP contribution in [0.3, 0.4) is 0 Å². The lowest BCUT2D eigenvalue weighted by Crippen LogP contribution is -2.30. The Labute approximate surface area is 134 Å². The highest BCUT2D eigenvalue weighted by Crippen LogP contribution is 2.35. The van der Waals surface area contributed by atoms with Crippen molar-refractivity contribution in [1.29, 1.82) is 0 Å². The molecule has 2 fully saturated rings. The van der Waals surface area contributed by atoms with Crippen LogP contribution in [0.2, 0.25) is 5.02 Å². The van der Waals surface area contributed by atoms with E-state index in [-0.39, 0.29) is 0 Å². The molecule has 2 unspecified atom stereocenters. The lowest BCUT2D eigenvalue weighted by Gasteiger charge is -2.23. The summed E-state index contributed by atoms with van der Waals surface area (Å²) >= 11 is 5.85. The Morgan fingerprint density at radius 3 is 2.23 bits per heavy atom. The lowest BCUT2D eigenvalue weighted by atomic mass is 10.0. The lowest BCUT2D eigenvalue weighted by molar-refractivity contribution is 0.533. The number of fused-ring (bicyclic) bond motifs is 1. The van der Waals surface area contributed by atoms with Crippen LogP contribution in [0.4, 0.5) is 11.8 Å². The highest BCUT2D eigenvalue weighted by atomic mass is 35.5. The zero-order chi connectivity index (χ0) is 15.1. The summed E-state index contributed by atoms with van der Waals surface area (Å²) in [6.45, 7) is 6.12. The van der Waals surface area contributed by atoms with Gasteiger partial charge in [-0.1, -0.05) is 11.6 Å². The summed E-state index contributed by atoms with van der Waals surface area (Å²) in [6.07, 6.45) is 6.83. The minimum Gasteiger partial charge on any atom is -0.356 e. The topological polar surface area (TPSA) is 58.0 Å². The fraction of sp³-hybridized carbons (Fsp3) is 0.467. The van der Waals surface area contributed by atoms with Crippen LogP contribution in [0.5, 0.6) is 0 Å². The summed E-state index contributed by atoms with van der Waals surface area (Å²) in [5.74, 6) is 3.12. The average Bonchev–Trinajstić information content (AvgIpc) is 3.07. The molecule has 0 N–H and O–H groups in total. The molecule has 0 aliphatic carbocycles. The van der Waals surface area contributed by atoms with E-state index in [4.69, 9.17) is 11.6 Å². The van der Waals surface area contributed by atoms with E-state index < -0.39 is 0 Å². The minimum atomic E-state index is 0.577. The Kier molecular flexibility index (Phi) is 3.33. The van der Waals surface area contributed by atoms with Crippen molar-refractivity contribution in [2.24, 2.45) is 11.8 Å². The maximum atomic E-state index is 5.85. The summed E-state index contributed by atoms with van der Waals surface area (Å²) in [4.78, 5) is 21.8. The summed E-state index contributed by atoms with van der Waals surface area (Å²) in [5, 5.41) is 0.577. The van der Waals surface area contributed by atoms with Crippen LogP contribution in [-0.2, 0) is 0 Å². The van der Waals surface area contributed by atoms with Gasteiger partial charge >= 0.3 is 0 Å². The van der Waals surface area contributed by atoms with E-state index in [9.17, 15) is 0 Å². The number of halogens is 1. The smallest absolute Gasteiger partial charge is 0.225 e. The Balaban J connectivity index is 1.46. The molecule has 0 aromatic carbocycles. The van der Waals surface area contributed by atoms with Crippen molar-refractivity contribution in [3.05, 3.63) is 35.5 Å². The molecular weight excluding hydrogens is 300 g/mol. The molecule has 0 radical (unpaired) electrons. The average molecular weight is 317 g/mol. The molecule has 2 atom stereocenters. The van der Waals surface area contributed by atoms with E-state index in [1.165, 1.54) is 0 Å².